The maximum absolute atomic E-state index is 13.2. The van der Waals surface area contributed by atoms with E-state index in [0.29, 0.717) is 25.6 Å². The number of halogens is 1. The number of nitriles is 1. The summed E-state index contributed by atoms with van der Waals surface area (Å²) in [6, 6.07) is 6.19. The summed E-state index contributed by atoms with van der Waals surface area (Å²) in [6.07, 6.45) is 0. The largest absolute Gasteiger partial charge is 0.491 e. The van der Waals surface area contributed by atoms with Gasteiger partial charge in [-0.05, 0) is 12.1 Å². The van der Waals surface area contributed by atoms with E-state index in [1.807, 2.05) is 6.92 Å². The van der Waals surface area contributed by atoms with E-state index < -0.39 is 5.82 Å². The molecule has 0 atom stereocenters. The zero-order chi connectivity index (χ0) is 11.6. The lowest BCUT2D eigenvalue weighted by Crippen LogP contribution is -2.44. The lowest BCUT2D eigenvalue weighted by Gasteiger charge is -2.37. The van der Waals surface area contributed by atoms with Gasteiger partial charge in [-0.3, -0.25) is 0 Å². The Bertz CT molecular complexity index is 435. The topological polar surface area (TPSA) is 42.2 Å². The van der Waals surface area contributed by atoms with Crippen molar-refractivity contribution in [3.8, 4) is 11.8 Å². The van der Waals surface area contributed by atoms with E-state index in [4.69, 9.17) is 14.7 Å². The van der Waals surface area contributed by atoms with Gasteiger partial charge in [0.1, 0.15) is 23.2 Å². The van der Waals surface area contributed by atoms with Crippen molar-refractivity contribution in [1.82, 2.24) is 0 Å². The summed E-state index contributed by atoms with van der Waals surface area (Å²) >= 11 is 0. The fourth-order valence-corrected chi connectivity index (χ4v) is 1.52. The first kappa shape index (κ1) is 10.9. The van der Waals surface area contributed by atoms with Gasteiger partial charge in [-0.15, -0.1) is 0 Å². The van der Waals surface area contributed by atoms with Gasteiger partial charge in [0.2, 0.25) is 0 Å². The Morgan fingerprint density at radius 3 is 2.88 bits per heavy atom. The molecule has 1 aliphatic rings. The summed E-state index contributed by atoms with van der Waals surface area (Å²) in [5.41, 5.74) is -0.0506. The van der Waals surface area contributed by atoms with Gasteiger partial charge in [-0.1, -0.05) is 13.0 Å². The van der Waals surface area contributed by atoms with Gasteiger partial charge in [-0.2, -0.15) is 5.26 Å². The van der Waals surface area contributed by atoms with Crippen LogP contribution in [0.3, 0.4) is 0 Å². The second kappa shape index (κ2) is 4.11. The lowest BCUT2D eigenvalue weighted by atomic mass is 9.90. The van der Waals surface area contributed by atoms with Crippen molar-refractivity contribution in [2.24, 2.45) is 5.41 Å². The van der Waals surface area contributed by atoms with Gasteiger partial charge in [0.05, 0.1) is 19.8 Å². The lowest BCUT2D eigenvalue weighted by molar-refractivity contribution is -0.120. The van der Waals surface area contributed by atoms with E-state index in [9.17, 15) is 4.39 Å². The molecule has 1 aromatic rings. The van der Waals surface area contributed by atoms with Crippen molar-refractivity contribution >= 4 is 0 Å². The van der Waals surface area contributed by atoms with Crippen molar-refractivity contribution in [3.63, 3.8) is 0 Å². The molecule has 1 fully saturated rings. The number of rotatable bonds is 3. The van der Waals surface area contributed by atoms with Crippen molar-refractivity contribution in [2.45, 2.75) is 6.92 Å². The minimum absolute atomic E-state index is 0.0148. The monoisotopic (exact) mass is 221 g/mol. The average Bonchev–Trinajstić information content (AvgIpc) is 2.24. The third-order valence-electron chi connectivity index (χ3n) is 2.56. The minimum atomic E-state index is -0.546. The van der Waals surface area contributed by atoms with Gasteiger partial charge in [0.15, 0.2) is 0 Å². The summed E-state index contributed by atoms with van der Waals surface area (Å²) in [5.74, 6) is -0.245. The zero-order valence-electron chi connectivity index (χ0n) is 9.00. The predicted molar refractivity (Wildman–Crippen MR) is 55.5 cm³/mol. The standard InChI is InChI=1S/C12H12FNO2/c1-12(6-15-7-12)8-16-11-4-2-3-10(13)9(11)5-14/h2-4H,6-8H2,1H3. The summed E-state index contributed by atoms with van der Waals surface area (Å²) in [7, 11) is 0. The number of ether oxygens (including phenoxy) is 2. The number of hydrogen-bond acceptors (Lipinski definition) is 3. The Morgan fingerprint density at radius 2 is 2.31 bits per heavy atom. The van der Waals surface area contributed by atoms with Crippen LogP contribution >= 0.6 is 0 Å². The van der Waals surface area contributed by atoms with Crippen LogP contribution in [0, 0.1) is 22.6 Å². The van der Waals surface area contributed by atoms with Crippen molar-refractivity contribution in [2.75, 3.05) is 19.8 Å². The second-order valence-corrected chi connectivity index (χ2v) is 4.32. The molecule has 16 heavy (non-hydrogen) atoms. The van der Waals surface area contributed by atoms with Gasteiger partial charge in [0, 0.05) is 5.41 Å². The molecule has 0 amide bonds. The van der Waals surface area contributed by atoms with Crippen LogP contribution in [-0.4, -0.2) is 19.8 Å². The highest BCUT2D eigenvalue weighted by molar-refractivity contribution is 5.43. The van der Waals surface area contributed by atoms with Crippen molar-refractivity contribution in [3.05, 3.63) is 29.6 Å². The molecule has 0 spiro atoms. The molecule has 1 heterocycles. The molecule has 0 N–H and O–H groups in total. The zero-order valence-corrected chi connectivity index (χ0v) is 9.00. The van der Waals surface area contributed by atoms with Crippen LogP contribution in [0.1, 0.15) is 12.5 Å². The third-order valence-corrected chi connectivity index (χ3v) is 2.56. The average molecular weight is 221 g/mol. The molecule has 3 nitrogen and oxygen atoms in total. The first-order chi connectivity index (χ1) is 7.64. The molecule has 0 unspecified atom stereocenters. The first-order valence-electron chi connectivity index (χ1n) is 5.04. The SMILES string of the molecule is CC1(COc2cccc(F)c2C#N)COC1. The molecular formula is C12H12FNO2. The van der Waals surface area contributed by atoms with Gasteiger partial charge in [-0.25, -0.2) is 4.39 Å². The quantitative estimate of drug-likeness (QED) is 0.785. The van der Waals surface area contributed by atoms with Crippen molar-refractivity contribution < 1.29 is 13.9 Å². The molecule has 2 rings (SSSR count). The third kappa shape index (κ3) is 2.00. The van der Waals surface area contributed by atoms with Gasteiger partial charge >= 0.3 is 0 Å². The van der Waals surface area contributed by atoms with Crippen LogP contribution in [0.4, 0.5) is 4.39 Å². The van der Waals surface area contributed by atoms with E-state index in [1.54, 1.807) is 12.1 Å². The molecular weight excluding hydrogens is 209 g/mol. The summed E-state index contributed by atoms with van der Waals surface area (Å²) in [6.45, 7) is 3.75. The maximum Gasteiger partial charge on any atom is 0.144 e. The Morgan fingerprint density at radius 1 is 1.56 bits per heavy atom. The smallest absolute Gasteiger partial charge is 0.144 e. The Balaban J connectivity index is 2.10. The second-order valence-electron chi connectivity index (χ2n) is 4.32. The molecule has 1 saturated heterocycles. The van der Waals surface area contributed by atoms with E-state index >= 15 is 0 Å². The van der Waals surface area contributed by atoms with Crippen LogP contribution < -0.4 is 4.74 Å². The minimum Gasteiger partial charge on any atom is -0.491 e. The van der Waals surface area contributed by atoms with Crippen LogP contribution in [-0.2, 0) is 4.74 Å². The summed E-state index contributed by atoms with van der Waals surface area (Å²) in [5, 5.41) is 8.81. The number of hydrogen-bond donors (Lipinski definition) is 0. The fraction of sp³-hybridized carbons (Fsp3) is 0.417. The number of benzene rings is 1. The fourth-order valence-electron chi connectivity index (χ4n) is 1.52. The van der Waals surface area contributed by atoms with E-state index in [-0.39, 0.29) is 11.0 Å². The predicted octanol–water partition coefficient (Wildman–Crippen LogP) is 2.11. The van der Waals surface area contributed by atoms with Crippen LogP contribution in [0.25, 0.3) is 0 Å². The van der Waals surface area contributed by atoms with Crippen LogP contribution in [0.2, 0.25) is 0 Å². The highest BCUT2D eigenvalue weighted by atomic mass is 19.1. The van der Waals surface area contributed by atoms with Gasteiger partial charge in [0.25, 0.3) is 0 Å². The number of nitrogens with zero attached hydrogens (tertiary/aromatic N) is 1. The van der Waals surface area contributed by atoms with E-state index in [2.05, 4.69) is 0 Å². The Kier molecular flexibility index (Phi) is 2.80. The van der Waals surface area contributed by atoms with Crippen LogP contribution in [0.5, 0.6) is 5.75 Å². The molecule has 0 saturated carbocycles. The molecule has 1 aliphatic heterocycles. The van der Waals surface area contributed by atoms with Crippen LogP contribution in [0.15, 0.2) is 18.2 Å². The normalized spacial score (nSPS) is 17.3. The Labute approximate surface area is 93.4 Å². The highest BCUT2D eigenvalue weighted by Gasteiger charge is 2.34. The summed E-state index contributed by atoms with van der Waals surface area (Å²) in [4.78, 5) is 0. The first-order valence-corrected chi connectivity index (χ1v) is 5.04. The molecule has 4 heteroatoms. The molecule has 0 aromatic heterocycles. The van der Waals surface area contributed by atoms with Crippen molar-refractivity contribution in [1.29, 1.82) is 5.26 Å². The van der Waals surface area contributed by atoms with E-state index in [1.165, 1.54) is 12.1 Å². The summed E-state index contributed by atoms with van der Waals surface area (Å²) < 4.78 is 23.8. The van der Waals surface area contributed by atoms with Gasteiger partial charge < -0.3 is 9.47 Å². The molecule has 0 bridgehead atoms. The Hall–Kier alpha value is -1.60. The van der Waals surface area contributed by atoms with E-state index in [0.717, 1.165) is 0 Å². The molecule has 1 aromatic carbocycles. The highest BCUT2D eigenvalue weighted by Crippen LogP contribution is 2.29. The molecule has 0 radical (unpaired) electrons. The molecule has 0 aliphatic carbocycles. The molecule has 84 valence electrons. The maximum atomic E-state index is 13.2.